The zero-order valence-electron chi connectivity index (χ0n) is 11.6. The Labute approximate surface area is 122 Å². The fraction of sp³-hybridized carbons (Fsp3) is 0.154. The maximum atomic E-state index is 8.94. The molecule has 2 aromatic rings. The molecule has 8 heteroatoms. The quantitative estimate of drug-likeness (QED) is 0.306. The average Bonchev–Trinajstić information content (AvgIpc) is 2.54. The topological polar surface area (TPSA) is 119 Å². The Hall–Kier alpha value is -2.71. The van der Waals surface area contributed by atoms with Gasteiger partial charge in [-0.15, -0.1) is 5.10 Å². The largest absolute Gasteiger partial charge is 0.472 e. The molecule has 1 aromatic heterocycles. The number of hydrogen-bond donors (Lipinski definition) is 3. The maximum absolute atomic E-state index is 8.94. The first-order chi connectivity index (χ1) is 10.2. The van der Waals surface area contributed by atoms with Gasteiger partial charge in [-0.05, 0) is 12.1 Å². The molecule has 2 rings (SSSR count). The van der Waals surface area contributed by atoms with Crippen molar-refractivity contribution in [2.75, 3.05) is 12.1 Å². The average molecular weight is 290 g/mol. The van der Waals surface area contributed by atoms with Crippen molar-refractivity contribution in [3.05, 3.63) is 48.2 Å². The van der Waals surface area contributed by atoms with Crippen molar-refractivity contribution in [1.29, 1.82) is 0 Å². The summed E-state index contributed by atoms with van der Waals surface area (Å²) in [7, 11) is 1.79. The zero-order valence-corrected chi connectivity index (χ0v) is 11.6. The SMILES string of the molecule is CN(N)c1ccccc1COc1cccnn1.NNC=O. The van der Waals surface area contributed by atoms with Crippen LogP contribution in [0.4, 0.5) is 5.69 Å². The van der Waals surface area contributed by atoms with Gasteiger partial charge in [-0.3, -0.25) is 10.2 Å². The number of carbonyl (C=O) groups is 1. The fourth-order valence-corrected chi connectivity index (χ4v) is 1.49. The second-order valence-corrected chi connectivity index (χ2v) is 3.87. The van der Waals surface area contributed by atoms with Crippen LogP contribution in [-0.4, -0.2) is 23.7 Å². The number of carbonyl (C=O) groups excluding carboxylic acids is 1. The smallest absolute Gasteiger partial charge is 0.233 e. The summed E-state index contributed by atoms with van der Waals surface area (Å²) in [6, 6.07) is 11.3. The number of aromatic nitrogens is 2. The molecule has 0 aliphatic rings. The van der Waals surface area contributed by atoms with E-state index in [2.05, 4.69) is 16.0 Å². The van der Waals surface area contributed by atoms with Crippen molar-refractivity contribution in [2.45, 2.75) is 6.61 Å². The predicted octanol–water partition coefficient (Wildman–Crippen LogP) is -0.0284. The highest BCUT2D eigenvalue weighted by molar-refractivity contribution is 5.51. The minimum absolute atomic E-state index is 0.403. The molecular weight excluding hydrogens is 272 g/mol. The van der Waals surface area contributed by atoms with Gasteiger partial charge >= 0.3 is 0 Å². The van der Waals surface area contributed by atoms with Crippen LogP contribution in [-0.2, 0) is 11.4 Å². The number of hydrazine groups is 2. The molecule has 0 saturated heterocycles. The molecule has 0 radical (unpaired) electrons. The van der Waals surface area contributed by atoms with Gasteiger partial charge in [-0.2, -0.15) is 5.10 Å². The Balaban J connectivity index is 0.000000491. The molecule has 0 aliphatic heterocycles. The number of nitrogens with two attached hydrogens (primary N) is 2. The Morgan fingerprint density at radius 1 is 1.33 bits per heavy atom. The van der Waals surface area contributed by atoms with Gasteiger partial charge in [0.15, 0.2) is 0 Å². The molecule has 0 unspecified atom stereocenters. The normalized spacial score (nSPS) is 9.10. The number of para-hydroxylation sites is 1. The minimum Gasteiger partial charge on any atom is -0.472 e. The van der Waals surface area contributed by atoms with E-state index in [4.69, 9.17) is 15.4 Å². The van der Waals surface area contributed by atoms with Crippen molar-refractivity contribution in [3.63, 3.8) is 0 Å². The summed E-state index contributed by atoms with van der Waals surface area (Å²) >= 11 is 0. The van der Waals surface area contributed by atoms with Crippen LogP contribution in [0.5, 0.6) is 5.88 Å². The van der Waals surface area contributed by atoms with E-state index < -0.39 is 0 Å². The van der Waals surface area contributed by atoms with E-state index in [1.54, 1.807) is 35.8 Å². The van der Waals surface area contributed by atoms with Crippen LogP contribution in [0.25, 0.3) is 0 Å². The molecule has 1 heterocycles. The molecule has 0 atom stereocenters. The molecule has 0 aliphatic carbocycles. The van der Waals surface area contributed by atoms with E-state index in [1.807, 2.05) is 24.3 Å². The minimum atomic E-state index is 0.403. The van der Waals surface area contributed by atoms with Crippen LogP contribution in [0.15, 0.2) is 42.6 Å². The molecule has 1 amide bonds. The predicted molar refractivity (Wildman–Crippen MR) is 78.8 cm³/mol. The second-order valence-electron chi connectivity index (χ2n) is 3.87. The Kier molecular flexibility index (Phi) is 7.19. The number of ether oxygens (including phenoxy) is 1. The second kappa shape index (κ2) is 9.23. The van der Waals surface area contributed by atoms with E-state index in [-0.39, 0.29) is 0 Å². The third-order valence-corrected chi connectivity index (χ3v) is 2.36. The van der Waals surface area contributed by atoms with Gasteiger partial charge in [0, 0.05) is 24.9 Å². The molecule has 8 nitrogen and oxygen atoms in total. The van der Waals surface area contributed by atoms with Gasteiger partial charge in [0.25, 0.3) is 0 Å². The summed E-state index contributed by atoms with van der Waals surface area (Å²) in [4.78, 5) is 8.94. The van der Waals surface area contributed by atoms with Crippen LogP contribution >= 0.6 is 0 Å². The van der Waals surface area contributed by atoms with Crippen molar-refractivity contribution < 1.29 is 9.53 Å². The molecule has 0 bridgehead atoms. The fourth-order valence-electron chi connectivity index (χ4n) is 1.49. The summed E-state index contributed by atoms with van der Waals surface area (Å²) in [5, 5.41) is 9.16. The van der Waals surface area contributed by atoms with Gasteiger partial charge < -0.3 is 9.75 Å². The number of amides is 1. The van der Waals surface area contributed by atoms with Gasteiger partial charge in [0.2, 0.25) is 12.3 Å². The van der Waals surface area contributed by atoms with Crippen LogP contribution in [0.1, 0.15) is 5.56 Å². The number of anilines is 1. The van der Waals surface area contributed by atoms with E-state index >= 15 is 0 Å². The molecule has 0 fully saturated rings. The summed E-state index contributed by atoms with van der Waals surface area (Å²) in [5.74, 6) is 10.6. The first-order valence-electron chi connectivity index (χ1n) is 6.05. The monoisotopic (exact) mass is 290 g/mol. The lowest BCUT2D eigenvalue weighted by molar-refractivity contribution is -0.109. The number of hydrogen-bond acceptors (Lipinski definition) is 7. The zero-order chi connectivity index (χ0) is 15.5. The third kappa shape index (κ3) is 5.85. The highest BCUT2D eigenvalue weighted by Crippen LogP contribution is 2.18. The molecule has 0 saturated carbocycles. The number of rotatable bonds is 5. The molecule has 112 valence electrons. The van der Waals surface area contributed by atoms with Crippen LogP contribution in [0.2, 0.25) is 0 Å². The summed E-state index contributed by atoms with van der Waals surface area (Å²) in [5.41, 5.74) is 3.68. The number of benzene rings is 1. The Morgan fingerprint density at radius 2 is 2.05 bits per heavy atom. The summed E-state index contributed by atoms with van der Waals surface area (Å²) in [6.45, 7) is 0.413. The van der Waals surface area contributed by atoms with Gasteiger partial charge in [-0.1, -0.05) is 18.2 Å². The molecule has 1 aromatic carbocycles. The van der Waals surface area contributed by atoms with Crippen molar-refractivity contribution >= 4 is 12.1 Å². The maximum Gasteiger partial charge on any atom is 0.233 e. The van der Waals surface area contributed by atoms with Crippen molar-refractivity contribution in [2.24, 2.45) is 11.7 Å². The number of nitrogens with one attached hydrogen (secondary N) is 1. The standard InChI is InChI=1S/C12H14N4O.CH4N2O/c1-16(13)11-6-3-2-5-10(11)9-17-12-7-4-8-14-15-12;2-3-1-4/h2-8H,9,13H2,1H3;1H,2H2,(H,3,4). The first kappa shape index (κ1) is 16.3. The summed E-state index contributed by atoms with van der Waals surface area (Å²) < 4.78 is 5.53. The van der Waals surface area contributed by atoms with E-state index in [9.17, 15) is 0 Å². The Bertz CT molecular complexity index is 535. The lowest BCUT2D eigenvalue weighted by Gasteiger charge is -2.16. The van der Waals surface area contributed by atoms with Gasteiger partial charge in [-0.25, -0.2) is 11.7 Å². The Morgan fingerprint density at radius 3 is 2.62 bits per heavy atom. The van der Waals surface area contributed by atoms with Gasteiger partial charge in [0.1, 0.15) is 6.61 Å². The lowest BCUT2D eigenvalue weighted by atomic mass is 10.2. The lowest BCUT2D eigenvalue weighted by Crippen LogP contribution is -2.26. The third-order valence-electron chi connectivity index (χ3n) is 2.36. The van der Waals surface area contributed by atoms with Crippen molar-refractivity contribution in [3.8, 4) is 5.88 Å². The molecular formula is C13H18N6O2. The van der Waals surface area contributed by atoms with Gasteiger partial charge in [0.05, 0.1) is 5.69 Å². The van der Waals surface area contributed by atoms with E-state index in [0.29, 0.717) is 18.9 Å². The molecule has 0 spiro atoms. The molecule has 21 heavy (non-hydrogen) atoms. The highest BCUT2D eigenvalue weighted by Gasteiger charge is 2.04. The van der Waals surface area contributed by atoms with E-state index in [1.165, 1.54) is 0 Å². The van der Waals surface area contributed by atoms with Crippen LogP contribution in [0, 0.1) is 0 Å². The number of nitrogens with zero attached hydrogens (tertiary/aromatic N) is 3. The molecule has 5 N–H and O–H groups in total. The highest BCUT2D eigenvalue weighted by atomic mass is 16.5. The summed E-state index contributed by atoms with van der Waals surface area (Å²) in [6.07, 6.45) is 2.01. The van der Waals surface area contributed by atoms with Crippen molar-refractivity contribution in [1.82, 2.24) is 15.6 Å². The van der Waals surface area contributed by atoms with Crippen LogP contribution < -0.4 is 26.9 Å². The first-order valence-corrected chi connectivity index (χ1v) is 6.05. The van der Waals surface area contributed by atoms with E-state index in [0.717, 1.165) is 11.3 Å². The van der Waals surface area contributed by atoms with Crippen LogP contribution in [0.3, 0.4) is 0 Å².